The van der Waals surface area contributed by atoms with E-state index in [1.165, 1.54) is 51.4 Å². The number of carbonyl (C=O) groups is 2. The van der Waals surface area contributed by atoms with E-state index in [0.717, 1.165) is 64.2 Å². The van der Waals surface area contributed by atoms with Crippen molar-refractivity contribution >= 4 is 19.8 Å². The van der Waals surface area contributed by atoms with Gasteiger partial charge < -0.3 is 19.3 Å². The predicted molar refractivity (Wildman–Crippen MR) is 234 cm³/mol. The van der Waals surface area contributed by atoms with Gasteiger partial charge in [0.05, 0.1) is 6.61 Å². The molecule has 0 aromatic rings. The van der Waals surface area contributed by atoms with Gasteiger partial charge in [0, 0.05) is 12.8 Å². The fraction of sp³-hybridized carbons (Fsp3) is 0.574. The number of hydrogen-bond donors (Lipinski definition) is 2. The minimum Gasteiger partial charge on any atom is -0.462 e. The number of carbonyl (C=O) groups excluding carboxylic acids is 2. The number of phosphoric ester groups is 1. The second-order valence-electron chi connectivity index (χ2n) is 13.6. The van der Waals surface area contributed by atoms with Crippen molar-refractivity contribution in [2.24, 2.45) is 0 Å². The Labute approximate surface area is 340 Å². The normalized spacial score (nSPS) is 13.6. The third kappa shape index (κ3) is 43.4. The Morgan fingerprint density at radius 3 is 1.23 bits per heavy atom. The first-order valence-electron chi connectivity index (χ1n) is 21.2. The highest BCUT2D eigenvalue weighted by atomic mass is 31.2. The van der Waals surface area contributed by atoms with Crippen molar-refractivity contribution in [2.75, 3.05) is 13.2 Å². The van der Waals surface area contributed by atoms with Crippen molar-refractivity contribution in [1.82, 2.24) is 0 Å². The van der Waals surface area contributed by atoms with Crippen LogP contribution in [0.2, 0.25) is 0 Å². The number of ether oxygens (including phenoxy) is 2. The van der Waals surface area contributed by atoms with Gasteiger partial charge in [-0.3, -0.25) is 14.1 Å². The lowest BCUT2D eigenvalue weighted by atomic mass is 10.1. The van der Waals surface area contributed by atoms with Crippen molar-refractivity contribution < 1.29 is 37.9 Å². The Balaban J connectivity index is 4.14. The quantitative estimate of drug-likeness (QED) is 0.0276. The highest BCUT2D eigenvalue weighted by molar-refractivity contribution is 7.46. The van der Waals surface area contributed by atoms with E-state index in [1.54, 1.807) is 0 Å². The molecular weight excluding hydrogens is 723 g/mol. The van der Waals surface area contributed by atoms with Gasteiger partial charge in [0.15, 0.2) is 6.10 Å². The summed E-state index contributed by atoms with van der Waals surface area (Å²) >= 11 is 0. The average molecular weight is 799 g/mol. The van der Waals surface area contributed by atoms with Gasteiger partial charge in [-0.15, -0.1) is 0 Å². The van der Waals surface area contributed by atoms with Crippen molar-refractivity contribution in [3.8, 4) is 0 Å². The van der Waals surface area contributed by atoms with E-state index in [1.807, 2.05) is 12.2 Å². The first-order valence-corrected chi connectivity index (χ1v) is 22.7. The number of allylic oxidation sites excluding steroid dienone is 18. The van der Waals surface area contributed by atoms with Crippen molar-refractivity contribution in [2.45, 2.75) is 161 Å². The summed E-state index contributed by atoms with van der Waals surface area (Å²) in [4.78, 5) is 42.8. The van der Waals surface area contributed by atoms with Gasteiger partial charge >= 0.3 is 19.8 Å². The van der Waals surface area contributed by atoms with Gasteiger partial charge in [0.1, 0.15) is 6.61 Å². The molecule has 0 heterocycles. The highest BCUT2D eigenvalue weighted by Crippen LogP contribution is 2.36. The standard InChI is InChI=1S/C47H75O8P/c1-3-5-7-9-11-13-15-17-19-21-23-25-27-29-31-33-35-37-39-41-46(48)53-43-45(44-54-56(50,51)52)55-47(49)42-40-38-36-34-32-30-28-26-24-22-20-18-16-14-12-10-8-6-4-2/h11-14,17-20,23-26,29-32,35,37,45H,3-10,15-16,21-22,27-28,33-34,36,38-44H2,1-2H3,(H2,50,51,52)/b13-11-,14-12-,19-17-,20-18-,25-23-,26-24-,31-29-,32-30-,37-35-/t45-/m1/s1. The van der Waals surface area contributed by atoms with Crippen LogP contribution in [0.1, 0.15) is 155 Å². The second kappa shape index (κ2) is 41.3. The Hall–Kier alpha value is -3.29. The monoisotopic (exact) mass is 799 g/mol. The van der Waals surface area contributed by atoms with Gasteiger partial charge in [-0.25, -0.2) is 4.57 Å². The van der Waals surface area contributed by atoms with Crippen LogP contribution in [0.3, 0.4) is 0 Å². The molecule has 0 aliphatic rings. The largest absolute Gasteiger partial charge is 0.469 e. The minimum absolute atomic E-state index is 0.130. The van der Waals surface area contributed by atoms with E-state index in [-0.39, 0.29) is 19.4 Å². The molecule has 316 valence electrons. The van der Waals surface area contributed by atoms with Crippen LogP contribution >= 0.6 is 7.82 Å². The number of rotatable bonds is 37. The third-order valence-electron chi connectivity index (χ3n) is 8.28. The summed E-state index contributed by atoms with van der Waals surface area (Å²) < 4.78 is 26.3. The van der Waals surface area contributed by atoms with Crippen LogP contribution in [-0.4, -0.2) is 41.0 Å². The molecule has 56 heavy (non-hydrogen) atoms. The van der Waals surface area contributed by atoms with Crippen LogP contribution in [0.25, 0.3) is 0 Å². The van der Waals surface area contributed by atoms with Crippen LogP contribution in [-0.2, 0) is 28.2 Å². The number of unbranched alkanes of at least 4 members (excludes halogenated alkanes) is 9. The highest BCUT2D eigenvalue weighted by Gasteiger charge is 2.22. The summed E-state index contributed by atoms with van der Waals surface area (Å²) in [6, 6.07) is 0. The van der Waals surface area contributed by atoms with Crippen molar-refractivity contribution in [1.29, 1.82) is 0 Å². The molecule has 0 aromatic heterocycles. The number of esters is 2. The fourth-order valence-electron chi connectivity index (χ4n) is 5.10. The SMILES string of the molecule is CCCCC/C=C\C/C=C\C/C=C\C/C=C\C/C=C\CCC(=O)OC[C@H](COP(=O)(O)O)OC(=O)CCCCC/C=C\C/C=C\C/C=C\C/C=C\CCCCC. The van der Waals surface area contributed by atoms with Crippen molar-refractivity contribution in [3.05, 3.63) is 109 Å². The zero-order valence-electron chi connectivity index (χ0n) is 34.7. The molecule has 1 atom stereocenters. The van der Waals surface area contributed by atoms with Crippen LogP contribution in [0.4, 0.5) is 0 Å². The maximum atomic E-state index is 12.4. The first kappa shape index (κ1) is 52.7. The molecule has 0 saturated carbocycles. The van der Waals surface area contributed by atoms with Gasteiger partial charge in [-0.2, -0.15) is 0 Å². The molecule has 0 bridgehead atoms. The molecule has 0 radical (unpaired) electrons. The molecular formula is C47H75O8P. The van der Waals surface area contributed by atoms with Crippen LogP contribution in [0.5, 0.6) is 0 Å². The van der Waals surface area contributed by atoms with Gasteiger partial charge in [0.25, 0.3) is 0 Å². The van der Waals surface area contributed by atoms with E-state index in [2.05, 4.69) is 116 Å². The molecule has 0 aliphatic carbocycles. The van der Waals surface area contributed by atoms with E-state index in [4.69, 9.17) is 19.3 Å². The Morgan fingerprint density at radius 2 is 0.839 bits per heavy atom. The lowest BCUT2D eigenvalue weighted by molar-refractivity contribution is -0.161. The van der Waals surface area contributed by atoms with Gasteiger partial charge in [-0.1, -0.05) is 155 Å². The summed E-state index contributed by atoms with van der Waals surface area (Å²) in [5.74, 6) is -1.03. The molecule has 0 amide bonds. The molecule has 9 heteroatoms. The third-order valence-corrected chi connectivity index (χ3v) is 8.76. The van der Waals surface area contributed by atoms with E-state index >= 15 is 0 Å². The zero-order valence-corrected chi connectivity index (χ0v) is 35.6. The lowest BCUT2D eigenvalue weighted by Gasteiger charge is -2.18. The summed E-state index contributed by atoms with van der Waals surface area (Å²) in [5.41, 5.74) is 0. The van der Waals surface area contributed by atoms with Crippen LogP contribution in [0, 0.1) is 0 Å². The topological polar surface area (TPSA) is 119 Å². The van der Waals surface area contributed by atoms with E-state index < -0.39 is 32.5 Å². The molecule has 0 rings (SSSR count). The first-order chi connectivity index (χ1) is 27.3. The fourth-order valence-corrected chi connectivity index (χ4v) is 5.46. The van der Waals surface area contributed by atoms with Crippen LogP contribution in [0.15, 0.2) is 109 Å². The molecule has 8 nitrogen and oxygen atoms in total. The molecule has 0 fully saturated rings. The molecule has 0 unspecified atom stereocenters. The second-order valence-corrected chi connectivity index (χ2v) is 14.8. The van der Waals surface area contributed by atoms with Crippen molar-refractivity contribution in [3.63, 3.8) is 0 Å². The maximum absolute atomic E-state index is 12.4. The molecule has 2 N–H and O–H groups in total. The number of phosphoric acid groups is 1. The maximum Gasteiger partial charge on any atom is 0.469 e. The molecule has 0 aliphatic heterocycles. The van der Waals surface area contributed by atoms with Crippen LogP contribution < -0.4 is 0 Å². The molecule has 0 spiro atoms. The molecule has 0 aromatic carbocycles. The summed E-state index contributed by atoms with van der Waals surface area (Å²) in [5, 5.41) is 0. The average Bonchev–Trinajstić information content (AvgIpc) is 3.17. The summed E-state index contributed by atoms with van der Waals surface area (Å²) in [7, 11) is -4.79. The smallest absolute Gasteiger partial charge is 0.462 e. The van der Waals surface area contributed by atoms with Gasteiger partial charge in [0.2, 0.25) is 0 Å². The molecule has 0 saturated heterocycles. The predicted octanol–water partition coefficient (Wildman–Crippen LogP) is 13.2. The lowest BCUT2D eigenvalue weighted by Crippen LogP contribution is -2.29. The van der Waals surface area contributed by atoms with Gasteiger partial charge in [-0.05, 0) is 96.3 Å². The Bertz CT molecular complexity index is 1260. The minimum atomic E-state index is -4.79. The summed E-state index contributed by atoms with van der Waals surface area (Å²) in [6.45, 7) is 3.52. The Morgan fingerprint density at radius 1 is 0.464 bits per heavy atom. The Kier molecular flexibility index (Phi) is 38.9. The number of hydrogen-bond acceptors (Lipinski definition) is 6. The van der Waals surface area contributed by atoms with E-state index in [9.17, 15) is 14.2 Å². The zero-order chi connectivity index (χ0) is 41.1. The van der Waals surface area contributed by atoms with E-state index in [0.29, 0.717) is 12.8 Å². The summed E-state index contributed by atoms with van der Waals surface area (Å²) in [6.07, 6.45) is 58.2.